The Morgan fingerprint density at radius 2 is 1.73 bits per heavy atom. The molecule has 0 spiro atoms. The predicted octanol–water partition coefficient (Wildman–Crippen LogP) is 7.68. The van der Waals surface area contributed by atoms with E-state index in [0.717, 1.165) is 36.8 Å². The number of anilines is 4. The maximum absolute atomic E-state index is 13.7. The molecule has 0 radical (unpaired) electrons. The predicted molar refractivity (Wildman–Crippen MR) is 126 cm³/mol. The minimum absolute atomic E-state index is 0.0613. The molecule has 0 bridgehead atoms. The van der Waals surface area contributed by atoms with Crippen LogP contribution in [0.3, 0.4) is 0 Å². The van der Waals surface area contributed by atoms with Gasteiger partial charge in [-0.25, -0.2) is 4.98 Å². The Hall–Kier alpha value is -3.29. The first-order valence-electron chi connectivity index (χ1n) is 11.1. The SMILES string of the molecule is CCCCOc1ccc(Nc2ncc(C(F)(F)F)c(Nc3ccccc3C(C)CC)n2)cc1. The van der Waals surface area contributed by atoms with Crippen molar-refractivity contribution < 1.29 is 17.9 Å². The third-order valence-corrected chi connectivity index (χ3v) is 5.33. The van der Waals surface area contributed by atoms with Crippen LogP contribution in [0.15, 0.2) is 54.7 Å². The van der Waals surface area contributed by atoms with Gasteiger partial charge in [0, 0.05) is 17.6 Å². The number of ether oxygens (including phenoxy) is 1. The molecule has 1 atom stereocenters. The summed E-state index contributed by atoms with van der Waals surface area (Å²) < 4.78 is 46.6. The van der Waals surface area contributed by atoms with Crippen molar-refractivity contribution in [3.63, 3.8) is 0 Å². The number of rotatable bonds is 10. The number of nitrogens with one attached hydrogen (secondary N) is 2. The lowest BCUT2D eigenvalue weighted by Crippen LogP contribution is -2.13. The monoisotopic (exact) mass is 458 g/mol. The van der Waals surface area contributed by atoms with Gasteiger partial charge in [0.15, 0.2) is 0 Å². The van der Waals surface area contributed by atoms with E-state index in [1.165, 1.54) is 0 Å². The summed E-state index contributed by atoms with van der Waals surface area (Å²) in [4.78, 5) is 8.04. The molecule has 0 aliphatic carbocycles. The summed E-state index contributed by atoms with van der Waals surface area (Å²) in [5.74, 6) is 0.674. The van der Waals surface area contributed by atoms with E-state index in [1.54, 1.807) is 36.4 Å². The fourth-order valence-electron chi connectivity index (χ4n) is 3.23. The maximum atomic E-state index is 13.7. The van der Waals surface area contributed by atoms with Crippen molar-refractivity contribution in [3.8, 4) is 5.75 Å². The molecule has 0 saturated heterocycles. The molecular formula is C25H29F3N4O. The zero-order valence-corrected chi connectivity index (χ0v) is 19.0. The summed E-state index contributed by atoms with van der Waals surface area (Å²) in [7, 11) is 0. The molecule has 0 aliphatic heterocycles. The summed E-state index contributed by atoms with van der Waals surface area (Å²) in [5.41, 5.74) is 1.24. The molecule has 33 heavy (non-hydrogen) atoms. The van der Waals surface area contributed by atoms with E-state index in [9.17, 15) is 13.2 Å². The molecule has 176 valence electrons. The van der Waals surface area contributed by atoms with Crippen LogP contribution >= 0.6 is 0 Å². The first-order chi connectivity index (χ1) is 15.8. The highest BCUT2D eigenvalue weighted by atomic mass is 19.4. The Bertz CT molecular complexity index is 1040. The number of unbranched alkanes of at least 4 members (excludes halogenated alkanes) is 1. The summed E-state index contributed by atoms with van der Waals surface area (Å²) in [6.45, 7) is 6.80. The van der Waals surface area contributed by atoms with Gasteiger partial charge in [-0.3, -0.25) is 0 Å². The molecule has 5 nitrogen and oxygen atoms in total. The normalized spacial score (nSPS) is 12.3. The first-order valence-corrected chi connectivity index (χ1v) is 11.1. The molecule has 2 N–H and O–H groups in total. The highest BCUT2D eigenvalue weighted by Crippen LogP contribution is 2.37. The smallest absolute Gasteiger partial charge is 0.421 e. The highest BCUT2D eigenvalue weighted by molar-refractivity contribution is 5.66. The number of hydrogen-bond donors (Lipinski definition) is 2. The summed E-state index contributed by atoms with van der Waals surface area (Å²) in [6.07, 6.45) is -0.923. The van der Waals surface area contributed by atoms with Crippen LogP contribution < -0.4 is 15.4 Å². The Kier molecular flexibility index (Phi) is 8.14. The molecule has 3 rings (SSSR count). The number of aromatic nitrogens is 2. The second-order valence-electron chi connectivity index (χ2n) is 7.83. The largest absolute Gasteiger partial charge is 0.494 e. The number of para-hydroxylation sites is 1. The molecular weight excluding hydrogens is 429 g/mol. The van der Waals surface area contributed by atoms with Crippen molar-refractivity contribution in [2.45, 2.75) is 52.1 Å². The Labute approximate surface area is 192 Å². The van der Waals surface area contributed by atoms with Gasteiger partial charge in [-0.1, -0.05) is 45.4 Å². The van der Waals surface area contributed by atoms with E-state index in [0.29, 0.717) is 18.0 Å². The fraction of sp³-hybridized carbons (Fsp3) is 0.360. The third kappa shape index (κ3) is 6.60. The lowest BCUT2D eigenvalue weighted by atomic mass is 9.97. The lowest BCUT2D eigenvalue weighted by molar-refractivity contribution is -0.137. The van der Waals surface area contributed by atoms with Crippen molar-refractivity contribution in [1.82, 2.24) is 9.97 Å². The van der Waals surface area contributed by atoms with Gasteiger partial charge in [-0.15, -0.1) is 0 Å². The van der Waals surface area contributed by atoms with Crippen LogP contribution in [0.2, 0.25) is 0 Å². The second-order valence-corrected chi connectivity index (χ2v) is 7.83. The number of halogens is 3. The van der Waals surface area contributed by atoms with Crippen LogP contribution in [-0.2, 0) is 6.18 Å². The molecule has 0 amide bonds. The fourth-order valence-corrected chi connectivity index (χ4v) is 3.23. The van der Waals surface area contributed by atoms with Crippen molar-refractivity contribution >= 4 is 23.1 Å². The summed E-state index contributed by atoms with van der Waals surface area (Å²) >= 11 is 0. The zero-order valence-electron chi connectivity index (χ0n) is 19.0. The molecule has 0 saturated carbocycles. The Morgan fingerprint density at radius 3 is 2.39 bits per heavy atom. The van der Waals surface area contributed by atoms with Crippen LogP contribution in [0.25, 0.3) is 0 Å². The summed E-state index contributed by atoms with van der Waals surface area (Å²) in [6, 6.07) is 14.5. The van der Waals surface area contributed by atoms with Crippen LogP contribution in [0.4, 0.5) is 36.3 Å². The molecule has 1 heterocycles. The van der Waals surface area contributed by atoms with Crippen molar-refractivity contribution in [2.75, 3.05) is 17.2 Å². The van der Waals surface area contributed by atoms with Crippen molar-refractivity contribution in [3.05, 3.63) is 65.9 Å². The van der Waals surface area contributed by atoms with Gasteiger partial charge in [0.25, 0.3) is 0 Å². The number of hydrogen-bond acceptors (Lipinski definition) is 5. The van der Waals surface area contributed by atoms with E-state index in [4.69, 9.17) is 4.74 Å². The third-order valence-electron chi connectivity index (χ3n) is 5.33. The standard InChI is InChI=1S/C25H29F3N4O/c1-4-6-15-33-19-13-11-18(12-14-19)30-24-29-16-21(25(26,27)28)23(32-24)31-22-10-8-7-9-20(22)17(3)5-2/h7-14,16-17H,4-6,15H2,1-3H3,(H2,29,30,31,32). The molecule has 1 aromatic heterocycles. The van der Waals surface area contributed by atoms with Gasteiger partial charge in [-0.05, 0) is 54.7 Å². The van der Waals surface area contributed by atoms with Gasteiger partial charge in [0.05, 0.1) is 6.61 Å². The lowest BCUT2D eigenvalue weighted by Gasteiger charge is -2.19. The second kappa shape index (κ2) is 11.0. The first kappa shape index (κ1) is 24.4. The Morgan fingerprint density at radius 1 is 1.00 bits per heavy atom. The maximum Gasteiger partial charge on any atom is 0.421 e. The average molecular weight is 459 g/mol. The topological polar surface area (TPSA) is 59.1 Å². The Balaban J connectivity index is 1.86. The highest BCUT2D eigenvalue weighted by Gasteiger charge is 2.35. The molecule has 1 unspecified atom stereocenters. The van der Waals surface area contributed by atoms with Gasteiger partial charge in [0.2, 0.25) is 5.95 Å². The van der Waals surface area contributed by atoms with E-state index < -0.39 is 11.7 Å². The van der Waals surface area contributed by atoms with E-state index in [2.05, 4.69) is 27.5 Å². The minimum Gasteiger partial charge on any atom is -0.494 e. The van der Waals surface area contributed by atoms with E-state index >= 15 is 0 Å². The molecule has 0 fully saturated rings. The minimum atomic E-state index is -4.59. The van der Waals surface area contributed by atoms with Crippen LogP contribution in [0.5, 0.6) is 5.75 Å². The van der Waals surface area contributed by atoms with Gasteiger partial charge in [0.1, 0.15) is 17.1 Å². The number of benzene rings is 2. The van der Waals surface area contributed by atoms with Crippen molar-refractivity contribution in [1.29, 1.82) is 0 Å². The number of alkyl halides is 3. The molecule has 0 aliphatic rings. The van der Waals surface area contributed by atoms with Crippen LogP contribution in [-0.4, -0.2) is 16.6 Å². The summed E-state index contributed by atoms with van der Waals surface area (Å²) in [5, 5.41) is 5.86. The molecule has 3 aromatic rings. The van der Waals surface area contributed by atoms with Crippen molar-refractivity contribution in [2.24, 2.45) is 0 Å². The average Bonchev–Trinajstić information content (AvgIpc) is 2.79. The van der Waals surface area contributed by atoms with Crippen LogP contribution in [0.1, 0.15) is 57.1 Å². The van der Waals surface area contributed by atoms with E-state index in [1.807, 2.05) is 26.0 Å². The van der Waals surface area contributed by atoms with Gasteiger partial charge < -0.3 is 15.4 Å². The molecule has 2 aromatic carbocycles. The quantitative estimate of drug-likeness (QED) is 0.305. The van der Waals surface area contributed by atoms with Crippen LogP contribution in [0, 0.1) is 0 Å². The van der Waals surface area contributed by atoms with E-state index in [-0.39, 0.29) is 17.7 Å². The van der Waals surface area contributed by atoms with Gasteiger partial charge >= 0.3 is 6.18 Å². The zero-order chi connectivity index (χ0) is 23.8. The number of nitrogens with zero attached hydrogens (tertiary/aromatic N) is 2. The van der Waals surface area contributed by atoms with Gasteiger partial charge in [-0.2, -0.15) is 18.2 Å². The molecule has 8 heteroatoms.